The van der Waals surface area contributed by atoms with E-state index in [1.165, 1.54) is 6.42 Å². The van der Waals surface area contributed by atoms with Gasteiger partial charge in [-0.25, -0.2) is 4.79 Å². The minimum absolute atomic E-state index is 0.0525. The van der Waals surface area contributed by atoms with Gasteiger partial charge in [-0.15, -0.1) is 0 Å². The molecule has 0 aromatic carbocycles. The van der Waals surface area contributed by atoms with Crippen molar-refractivity contribution in [3.63, 3.8) is 0 Å². The number of rotatable bonds is 5. The molecular formula is C15H24N2O4. The molecule has 1 amide bonds. The number of ether oxygens (including phenoxy) is 1. The van der Waals surface area contributed by atoms with Crippen LogP contribution in [0.15, 0.2) is 11.8 Å². The van der Waals surface area contributed by atoms with Crippen LogP contribution in [-0.2, 0) is 14.3 Å². The number of amides is 1. The fourth-order valence-electron chi connectivity index (χ4n) is 2.88. The van der Waals surface area contributed by atoms with Gasteiger partial charge in [0.15, 0.2) is 6.10 Å². The molecule has 118 valence electrons. The first-order chi connectivity index (χ1) is 10.1. The summed E-state index contributed by atoms with van der Waals surface area (Å²) in [5, 5.41) is 8.99. The monoisotopic (exact) mass is 296 g/mol. The Labute approximate surface area is 125 Å². The second-order valence-electron chi connectivity index (χ2n) is 5.51. The van der Waals surface area contributed by atoms with Gasteiger partial charge in [0.25, 0.3) is 0 Å². The lowest BCUT2D eigenvalue weighted by molar-refractivity contribution is -0.157. The molecule has 1 unspecified atom stereocenters. The van der Waals surface area contributed by atoms with Crippen LogP contribution in [0.3, 0.4) is 0 Å². The van der Waals surface area contributed by atoms with E-state index in [4.69, 9.17) is 9.84 Å². The van der Waals surface area contributed by atoms with E-state index in [1.54, 1.807) is 0 Å². The number of carboxylic acid groups (broad SMARTS) is 1. The number of nitrogens with zero attached hydrogens (tertiary/aromatic N) is 2. The molecular weight excluding hydrogens is 272 g/mol. The Hall–Kier alpha value is -1.40. The minimum atomic E-state index is -0.963. The lowest BCUT2D eigenvalue weighted by Crippen LogP contribution is -2.49. The molecule has 1 aliphatic carbocycles. The quantitative estimate of drug-likeness (QED) is 0.822. The van der Waals surface area contributed by atoms with E-state index < -0.39 is 12.1 Å². The van der Waals surface area contributed by atoms with E-state index in [9.17, 15) is 9.59 Å². The first-order valence-electron chi connectivity index (χ1n) is 7.68. The van der Waals surface area contributed by atoms with Crippen molar-refractivity contribution >= 4 is 11.9 Å². The zero-order valence-electron chi connectivity index (χ0n) is 12.6. The summed E-state index contributed by atoms with van der Waals surface area (Å²) in [4.78, 5) is 27.1. The zero-order valence-corrected chi connectivity index (χ0v) is 12.6. The standard InChI is InChI=1S/C15H24N2O4/c1-2-17(12-6-4-3-5-7-12)14(18)11-16-8-9-21-13(10-16)15(19)20/h6,13H,2-5,7-11H2,1H3,(H,19,20). The summed E-state index contributed by atoms with van der Waals surface area (Å²) in [5.74, 6) is -0.911. The zero-order chi connectivity index (χ0) is 15.2. The predicted octanol–water partition coefficient (Wildman–Crippen LogP) is 1.08. The number of carboxylic acids is 1. The molecule has 2 rings (SSSR count). The molecule has 1 heterocycles. The Balaban J connectivity index is 1.92. The highest BCUT2D eigenvalue weighted by molar-refractivity contribution is 5.80. The van der Waals surface area contributed by atoms with Crippen molar-refractivity contribution in [2.24, 2.45) is 0 Å². The number of hydrogen-bond acceptors (Lipinski definition) is 4. The first-order valence-corrected chi connectivity index (χ1v) is 7.68. The third-order valence-corrected chi connectivity index (χ3v) is 4.02. The molecule has 6 heteroatoms. The van der Waals surface area contributed by atoms with Gasteiger partial charge in [0, 0.05) is 25.3 Å². The van der Waals surface area contributed by atoms with E-state index in [2.05, 4.69) is 6.08 Å². The van der Waals surface area contributed by atoms with Crippen molar-refractivity contribution in [2.45, 2.75) is 38.7 Å². The van der Waals surface area contributed by atoms with Gasteiger partial charge in [0.1, 0.15) is 0 Å². The van der Waals surface area contributed by atoms with E-state index >= 15 is 0 Å². The highest BCUT2D eigenvalue weighted by Crippen LogP contribution is 2.21. The maximum Gasteiger partial charge on any atom is 0.334 e. The van der Waals surface area contributed by atoms with Crippen molar-refractivity contribution in [3.05, 3.63) is 11.8 Å². The predicted molar refractivity (Wildman–Crippen MR) is 77.8 cm³/mol. The Bertz CT molecular complexity index is 422. The maximum absolute atomic E-state index is 12.5. The van der Waals surface area contributed by atoms with E-state index in [0.29, 0.717) is 19.7 Å². The Morgan fingerprint density at radius 2 is 2.29 bits per heavy atom. The van der Waals surface area contributed by atoms with Crippen LogP contribution in [0, 0.1) is 0 Å². The third-order valence-electron chi connectivity index (χ3n) is 4.02. The maximum atomic E-state index is 12.5. The van der Waals surface area contributed by atoms with E-state index in [1.807, 2.05) is 16.7 Å². The smallest absolute Gasteiger partial charge is 0.334 e. The SMILES string of the molecule is CCN(C(=O)CN1CCOC(C(=O)O)C1)C1=CCCCC1. The number of morpholine rings is 1. The highest BCUT2D eigenvalue weighted by atomic mass is 16.5. The fourth-order valence-corrected chi connectivity index (χ4v) is 2.88. The van der Waals surface area contributed by atoms with Crippen molar-refractivity contribution in [3.8, 4) is 0 Å². The topological polar surface area (TPSA) is 70.1 Å². The van der Waals surface area contributed by atoms with Gasteiger partial charge in [-0.2, -0.15) is 0 Å². The minimum Gasteiger partial charge on any atom is -0.479 e. The van der Waals surface area contributed by atoms with Gasteiger partial charge in [-0.3, -0.25) is 9.69 Å². The van der Waals surface area contributed by atoms with Gasteiger partial charge < -0.3 is 14.7 Å². The molecule has 6 nitrogen and oxygen atoms in total. The first kappa shape index (κ1) is 16.0. The molecule has 0 aromatic heterocycles. The average Bonchev–Trinajstić information content (AvgIpc) is 2.49. The van der Waals surface area contributed by atoms with Crippen LogP contribution in [0.4, 0.5) is 0 Å². The van der Waals surface area contributed by atoms with Crippen LogP contribution in [0.5, 0.6) is 0 Å². The summed E-state index contributed by atoms with van der Waals surface area (Å²) in [6.07, 6.45) is 5.66. The molecule has 1 N–H and O–H groups in total. The summed E-state index contributed by atoms with van der Waals surface area (Å²) in [6.45, 7) is 4.14. The van der Waals surface area contributed by atoms with Crippen molar-refractivity contribution in [2.75, 3.05) is 32.8 Å². The third kappa shape index (κ3) is 4.28. The number of likely N-dealkylation sites (N-methyl/N-ethyl adjacent to an activating group) is 1. The molecule has 0 bridgehead atoms. The van der Waals surface area contributed by atoms with Gasteiger partial charge in [-0.1, -0.05) is 6.08 Å². The molecule has 1 aliphatic heterocycles. The highest BCUT2D eigenvalue weighted by Gasteiger charge is 2.28. The van der Waals surface area contributed by atoms with Crippen LogP contribution in [0.1, 0.15) is 32.6 Å². The Kier molecular flexibility index (Phi) is 5.76. The van der Waals surface area contributed by atoms with Crippen LogP contribution in [-0.4, -0.2) is 65.7 Å². The van der Waals surface area contributed by atoms with Crippen LogP contribution in [0.2, 0.25) is 0 Å². The summed E-state index contributed by atoms with van der Waals surface area (Å²) >= 11 is 0. The number of hydrogen-bond donors (Lipinski definition) is 1. The summed E-state index contributed by atoms with van der Waals surface area (Å²) in [7, 11) is 0. The van der Waals surface area contributed by atoms with Gasteiger partial charge in [-0.05, 0) is 32.6 Å². The molecule has 0 aromatic rings. The average molecular weight is 296 g/mol. The lowest BCUT2D eigenvalue weighted by Gasteiger charge is -2.33. The molecule has 1 atom stereocenters. The number of carbonyl (C=O) groups excluding carboxylic acids is 1. The molecule has 0 radical (unpaired) electrons. The molecule has 2 aliphatic rings. The fraction of sp³-hybridized carbons (Fsp3) is 0.733. The Morgan fingerprint density at radius 1 is 1.48 bits per heavy atom. The number of allylic oxidation sites excluding steroid dienone is 2. The molecule has 1 saturated heterocycles. The van der Waals surface area contributed by atoms with E-state index in [0.717, 1.165) is 25.0 Å². The van der Waals surface area contributed by atoms with Gasteiger partial charge in [0.05, 0.1) is 13.2 Å². The van der Waals surface area contributed by atoms with Crippen LogP contribution >= 0.6 is 0 Å². The largest absolute Gasteiger partial charge is 0.479 e. The van der Waals surface area contributed by atoms with Gasteiger partial charge in [0.2, 0.25) is 5.91 Å². The van der Waals surface area contributed by atoms with Crippen molar-refractivity contribution < 1.29 is 19.4 Å². The normalized spacial score (nSPS) is 23.5. The summed E-state index contributed by atoms with van der Waals surface area (Å²) < 4.78 is 5.18. The van der Waals surface area contributed by atoms with E-state index in [-0.39, 0.29) is 19.0 Å². The molecule has 1 fully saturated rings. The van der Waals surface area contributed by atoms with Crippen LogP contribution < -0.4 is 0 Å². The van der Waals surface area contributed by atoms with Gasteiger partial charge >= 0.3 is 5.97 Å². The lowest BCUT2D eigenvalue weighted by atomic mass is 10.0. The van der Waals surface area contributed by atoms with Crippen LogP contribution in [0.25, 0.3) is 0 Å². The number of carbonyl (C=O) groups is 2. The molecule has 21 heavy (non-hydrogen) atoms. The number of aliphatic carboxylic acids is 1. The summed E-state index contributed by atoms with van der Waals surface area (Å²) in [6, 6.07) is 0. The Morgan fingerprint density at radius 3 is 2.90 bits per heavy atom. The van der Waals surface area contributed by atoms with Crippen molar-refractivity contribution in [1.29, 1.82) is 0 Å². The summed E-state index contributed by atoms with van der Waals surface area (Å²) in [5.41, 5.74) is 1.12. The van der Waals surface area contributed by atoms with Crippen molar-refractivity contribution in [1.82, 2.24) is 9.80 Å². The molecule has 0 spiro atoms. The second kappa shape index (κ2) is 7.56. The second-order valence-corrected chi connectivity index (χ2v) is 5.51. The molecule has 0 saturated carbocycles.